The van der Waals surface area contributed by atoms with E-state index in [4.69, 9.17) is 9.47 Å². The molecule has 5 nitrogen and oxygen atoms in total. The number of carbonyl (C=O) groups excluding carboxylic acids is 2. The predicted octanol–water partition coefficient (Wildman–Crippen LogP) is 1.97. The molecule has 0 atom stereocenters. The second kappa shape index (κ2) is 7.19. The number of ether oxygens (including phenoxy) is 2. The van der Waals surface area contributed by atoms with E-state index in [1.165, 1.54) is 0 Å². The number of rotatable bonds is 5. The molecule has 0 N–H and O–H groups in total. The molecule has 0 aliphatic heterocycles. The smallest absolute Gasteiger partial charge is 0.344 e. The summed E-state index contributed by atoms with van der Waals surface area (Å²) in [7, 11) is 0. The maximum atomic E-state index is 11.8. The average molecular weight is 286 g/mol. The second-order valence-corrected chi connectivity index (χ2v) is 4.25. The molecule has 0 radical (unpaired) electrons. The Bertz CT molecular complexity index is 625. The lowest BCUT2D eigenvalue weighted by atomic mass is 10.2. The molecule has 0 bridgehead atoms. The molecule has 21 heavy (non-hydrogen) atoms. The summed E-state index contributed by atoms with van der Waals surface area (Å²) in [6.07, 6.45) is 3.29. The van der Waals surface area contributed by atoms with Gasteiger partial charge in [0.2, 0.25) is 0 Å². The Morgan fingerprint density at radius 1 is 0.952 bits per heavy atom. The van der Waals surface area contributed by atoms with Gasteiger partial charge in [-0.25, -0.2) is 9.59 Å². The van der Waals surface area contributed by atoms with Crippen molar-refractivity contribution >= 4 is 11.9 Å². The van der Waals surface area contributed by atoms with E-state index in [-0.39, 0.29) is 6.73 Å². The first kappa shape index (κ1) is 14.7. The van der Waals surface area contributed by atoms with Gasteiger partial charge in [-0.05, 0) is 25.1 Å². The highest BCUT2D eigenvalue weighted by Gasteiger charge is 2.13. The first-order valence-corrected chi connectivity index (χ1v) is 6.59. The Labute approximate surface area is 122 Å². The fraction of sp³-hybridized carbons (Fsp3) is 0.188. The van der Waals surface area contributed by atoms with Crippen LogP contribution < -0.4 is 4.57 Å². The van der Waals surface area contributed by atoms with Crippen LogP contribution in [0.25, 0.3) is 0 Å². The Hall–Kier alpha value is -2.69. The van der Waals surface area contributed by atoms with Crippen LogP contribution in [-0.2, 0) is 16.2 Å². The van der Waals surface area contributed by atoms with E-state index in [0.29, 0.717) is 17.7 Å². The zero-order chi connectivity index (χ0) is 15.1. The van der Waals surface area contributed by atoms with Gasteiger partial charge >= 0.3 is 11.9 Å². The molecule has 0 unspecified atom stereocenters. The van der Waals surface area contributed by atoms with Gasteiger partial charge in [-0.3, -0.25) is 0 Å². The van der Waals surface area contributed by atoms with Crippen molar-refractivity contribution in [3.8, 4) is 0 Å². The molecular formula is C16H16NO4+. The normalized spacial score (nSPS) is 9.95. The van der Waals surface area contributed by atoms with Crippen molar-refractivity contribution in [2.45, 2.75) is 13.7 Å². The molecule has 1 aromatic heterocycles. The van der Waals surface area contributed by atoms with E-state index >= 15 is 0 Å². The van der Waals surface area contributed by atoms with Gasteiger partial charge in [-0.1, -0.05) is 18.2 Å². The van der Waals surface area contributed by atoms with Gasteiger partial charge in [0, 0.05) is 6.07 Å². The molecule has 0 saturated carbocycles. The van der Waals surface area contributed by atoms with Crippen molar-refractivity contribution in [1.29, 1.82) is 0 Å². The first-order chi connectivity index (χ1) is 10.2. The number of hydrogen-bond acceptors (Lipinski definition) is 4. The van der Waals surface area contributed by atoms with Crippen LogP contribution in [-0.4, -0.2) is 18.5 Å². The first-order valence-electron chi connectivity index (χ1n) is 6.59. The molecule has 0 aliphatic carbocycles. The number of nitrogens with zero attached hydrogens (tertiary/aromatic N) is 1. The van der Waals surface area contributed by atoms with Gasteiger partial charge in [0.15, 0.2) is 12.4 Å². The van der Waals surface area contributed by atoms with Crippen molar-refractivity contribution < 1.29 is 23.6 Å². The summed E-state index contributed by atoms with van der Waals surface area (Å²) in [6, 6.07) is 12.1. The van der Waals surface area contributed by atoms with Crippen LogP contribution in [0.3, 0.4) is 0 Å². The fourth-order valence-corrected chi connectivity index (χ4v) is 1.73. The van der Waals surface area contributed by atoms with Crippen LogP contribution in [0, 0.1) is 0 Å². The van der Waals surface area contributed by atoms with E-state index in [1.807, 2.05) is 6.07 Å². The topological polar surface area (TPSA) is 56.5 Å². The molecule has 0 aliphatic rings. The Morgan fingerprint density at radius 2 is 1.62 bits per heavy atom. The minimum absolute atomic E-state index is 0.0287. The molecule has 108 valence electrons. The Kier molecular flexibility index (Phi) is 5.04. The van der Waals surface area contributed by atoms with Crippen LogP contribution in [0.2, 0.25) is 0 Å². The van der Waals surface area contributed by atoms with Crippen molar-refractivity contribution in [3.63, 3.8) is 0 Å². The van der Waals surface area contributed by atoms with Crippen molar-refractivity contribution in [2.24, 2.45) is 0 Å². The zero-order valence-corrected chi connectivity index (χ0v) is 11.7. The number of carbonyl (C=O) groups is 2. The minimum Gasteiger partial charge on any atom is -0.462 e. The number of hydrogen-bond donors (Lipinski definition) is 0. The van der Waals surface area contributed by atoms with Gasteiger partial charge in [-0.15, -0.1) is 0 Å². The highest BCUT2D eigenvalue weighted by Crippen LogP contribution is 2.01. The van der Waals surface area contributed by atoms with Crippen molar-refractivity contribution in [3.05, 3.63) is 66.0 Å². The lowest BCUT2D eigenvalue weighted by Gasteiger charge is -2.03. The monoisotopic (exact) mass is 286 g/mol. The standard InChI is InChI=1S/C16H16NO4/c1-2-20-16(19)14-9-6-10-17(11-14)12-21-15(18)13-7-4-3-5-8-13/h3-11H,2,12H2,1H3/q+1. The summed E-state index contributed by atoms with van der Waals surface area (Å²) in [5.41, 5.74) is 0.898. The zero-order valence-electron chi connectivity index (χ0n) is 11.7. The molecular weight excluding hydrogens is 270 g/mol. The predicted molar refractivity (Wildman–Crippen MR) is 74.5 cm³/mol. The Balaban J connectivity index is 1.99. The summed E-state index contributed by atoms with van der Waals surface area (Å²) < 4.78 is 11.7. The van der Waals surface area contributed by atoms with Gasteiger partial charge in [0.25, 0.3) is 6.73 Å². The molecule has 0 fully saturated rings. The number of benzene rings is 1. The molecule has 0 amide bonds. The summed E-state index contributed by atoms with van der Waals surface area (Å²) in [5, 5.41) is 0. The Morgan fingerprint density at radius 3 is 2.33 bits per heavy atom. The minimum atomic E-state index is -0.412. The maximum Gasteiger partial charge on any atom is 0.344 e. The van der Waals surface area contributed by atoms with Crippen LogP contribution in [0.1, 0.15) is 27.6 Å². The summed E-state index contributed by atoms with van der Waals surface area (Å²) >= 11 is 0. The van der Waals surface area contributed by atoms with Gasteiger partial charge in [0.05, 0.1) is 12.2 Å². The molecule has 2 aromatic rings. The van der Waals surface area contributed by atoms with Crippen LogP contribution >= 0.6 is 0 Å². The third kappa shape index (κ3) is 4.14. The maximum absolute atomic E-state index is 11.8. The van der Waals surface area contributed by atoms with Crippen LogP contribution in [0.4, 0.5) is 0 Å². The van der Waals surface area contributed by atoms with Gasteiger partial charge in [0.1, 0.15) is 5.56 Å². The van der Waals surface area contributed by atoms with Gasteiger partial charge in [-0.2, -0.15) is 4.57 Å². The summed E-state index contributed by atoms with van der Waals surface area (Å²) in [4.78, 5) is 23.4. The molecule has 2 rings (SSSR count). The number of esters is 2. The van der Waals surface area contributed by atoms with E-state index in [1.54, 1.807) is 60.3 Å². The lowest BCUT2D eigenvalue weighted by Crippen LogP contribution is -2.36. The second-order valence-electron chi connectivity index (χ2n) is 4.25. The largest absolute Gasteiger partial charge is 0.462 e. The SMILES string of the molecule is CCOC(=O)c1ccc[n+](COC(=O)c2ccccc2)c1. The van der Waals surface area contributed by atoms with Crippen LogP contribution in [0.15, 0.2) is 54.9 Å². The third-order valence-electron chi connectivity index (χ3n) is 2.72. The number of pyridine rings is 1. The molecule has 5 heteroatoms. The number of aromatic nitrogens is 1. The molecule has 0 saturated heterocycles. The quantitative estimate of drug-likeness (QED) is 0.623. The average Bonchev–Trinajstić information content (AvgIpc) is 2.54. The molecule has 0 spiro atoms. The van der Waals surface area contributed by atoms with Crippen molar-refractivity contribution in [2.75, 3.05) is 6.61 Å². The van der Waals surface area contributed by atoms with Crippen molar-refractivity contribution in [1.82, 2.24) is 0 Å². The fourth-order valence-electron chi connectivity index (χ4n) is 1.73. The summed E-state index contributed by atoms with van der Waals surface area (Å²) in [5.74, 6) is -0.814. The van der Waals surface area contributed by atoms with E-state index in [9.17, 15) is 9.59 Å². The highest BCUT2D eigenvalue weighted by atomic mass is 16.5. The van der Waals surface area contributed by atoms with Gasteiger partial charge < -0.3 is 9.47 Å². The highest BCUT2D eigenvalue weighted by molar-refractivity contribution is 5.89. The molecule has 1 aromatic carbocycles. The van der Waals surface area contributed by atoms with E-state index < -0.39 is 11.9 Å². The van der Waals surface area contributed by atoms with E-state index in [0.717, 1.165) is 0 Å². The van der Waals surface area contributed by atoms with E-state index in [2.05, 4.69) is 0 Å². The third-order valence-corrected chi connectivity index (χ3v) is 2.72. The van der Waals surface area contributed by atoms with Crippen LogP contribution in [0.5, 0.6) is 0 Å². The molecule has 1 heterocycles. The summed E-state index contributed by atoms with van der Waals surface area (Å²) in [6.45, 7) is 2.09. The lowest BCUT2D eigenvalue weighted by molar-refractivity contribution is -0.727.